The highest BCUT2D eigenvalue weighted by Gasteiger charge is 2.56. The van der Waals surface area contributed by atoms with Gasteiger partial charge in [0.25, 0.3) is 10.1 Å². The zero-order chi connectivity index (χ0) is 28.9. The Balaban J connectivity index is 1.22. The second-order valence-corrected chi connectivity index (χ2v) is 14.2. The number of hydrogen-bond acceptors (Lipinski definition) is 6. The van der Waals surface area contributed by atoms with E-state index in [2.05, 4.69) is 6.92 Å². The molecule has 3 aliphatic carbocycles. The quantitative estimate of drug-likeness (QED) is 0.280. The third-order valence-corrected chi connectivity index (χ3v) is 11.8. The van der Waals surface area contributed by atoms with Crippen LogP contribution in [0, 0.1) is 28.9 Å². The summed E-state index contributed by atoms with van der Waals surface area (Å²) >= 11 is -1.83. The summed E-state index contributed by atoms with van der Waals surface area (Å²) in [6.45, 7) is 2.16. The number of ether oxygens (including phenoxy) is 1. The fraction of sp³-hybridized carbons (Fsp3) is 0.419. The van der Waals surface area contributed by atoms with Crippen LogP contribution in [0.2, 0.25) is 0 Å². The van der Waals surface area contributed by atoms with E-state index in [1.54, 1.807) is 7.11 Å². The first-order valence-electron chi connectivity index (χ1n) is 13.8. The van der Waals surface area contributed by atoms with Crippen LogP contribution in [-0.4, -0.2) is 25.8 Å². The second-order valence-electron chi connectivity index (χ2n) is 11.5. The van der Waals surface area contributed by atoms with Crippen LogP contribution in [0.1, 0.15) is 56.1 Å². The molecule has 41 heavy (non-hydrogen) atoms. The summed E-state index contributed by atoms with van der Waals surface area (Å²) in [4.78, 5) is 0.328. The predicted molar refractivity (Wildman–Crippen MR) is 150 cm³/mol. The van der Waals surface area contributed by atoms with Gasteiger partial charge in [0.1, 0.15) is 11.6 Å². The predicted octanol–water partition coefficient (Wildman–Crippen LogP) is 6.71. The van der Waals surface area contributed by atoms with Gasteiger partial charge in [0.2, 0.25) is 11.1 Å². The van der Waals surface area contributed by atoms with Crippen molar-refractivity contribution in [2.75, 3.05) is 7.11 Å². The Morgan fingerprint density at radius 1 is 0.902 bits per heavy atom. The van der Waals surface area contributed by atoms with Crippen molar-refractivity contribution in [2.45, 2.75) is 67.3 Å². The van der Waals surface area contributed by atoms with Gasteiger partial charge in [-0.1, -0.05) is 6.92 Å². The number of rotatable bonds is 7. The Kier molecular flexibility index (Phi) is 7.45. The summed E-state index contributed by atoms with van der Waals surface area (Å²) in [6, 6.07) is 14.0. The van der Waals surface area contributed by atoms with Crippen molar-refractivity contribution >= 4 is 21.2 Å². The minimum absolute atomic E-state index is 0.0308. The standard InChI is InChI=1S/C31H32F2O6S2/c1-31-16-15-24-25(27(31)13-14-30(31)39-41(35,36)23-10-6-21(33)7-11-23)12-3-19-17-29(28(37-2)18-26(19)24)38-40(34)22-8-4-20(32)5-9-22/h4-11,17-18,24-25,27,30H,3,12-16H2,1-2H3/t24?,25?,27?,30?,31-,40?/m0/s1. The summed E-state index contributed by atoms with van der Waals surface area (Å²) in [5.74, 6) is 0.924. The van der Waals surface area contributed by atoms with Crippen molar-refractivity contribution in [3.05, 3.63) is 83.4 Å². The van der Waals surface area contributed by atoms with Crippen LogP contribution >= 0.6 is 0 Å². The van der Waals surface area contributed by atoms with Crippen LogP contribution in [0.4, 0.5) is 8.78 Å². The zero-order valence-corrected chi connectivity index (χ0v) is 24.5. The molecule has 0 aliphatic heterocycles. The molecule has 6 rings (SSSR count). The summed E-state index contributed by atoms with van der Waals surface area (Å²) < 4.78 is 82.8. The molecule has 0 radical (unpaired) electrons. The molecule has 0 saturated heterocycles. The molecular weight excluding hydrogens is 570 g/mol. The lowest BCUT2D eigenvalue weighted by Gasteiger charge is -2.50. The fourth-order valence-corrected chi connectivity index (χ4v) is 9.35. The molecule has 218 valence electrons. The van der Waals surface area contributed by atoms with Gasteiger partial charge in [0.05, 0.1) is 23.0 Å². The summed E-state index contributed by atoms with van der Waals surface area (Å²) in [5.41, 5.74) is 2.04. The van der Waals surface area contributed by atoms with E-state index in [0.717, 1.165) is 49.8 Å². The van der Waals surface area contributed by atoms with Crippen LogP contribution in [0.5, 0.6) is 11.5 Å². The van der Waals surface area contributed by atoms with Crippen molar-refractivity contribution in [3.63, 3.8) is 0 Å². The van der Waals surface area contributed by atoms with E-state index >= 15 is 0 Å². The third-order valence-electron chi connectivity index (χ3n) is 9.44. The van der Waals surface area contributed by atoms with E-state index < -0.39 is 38.9 Å². The SMILES string of the molecule is COc1cc2c(cc1OS(=O)c1ccc(F)cc1)CCC1C2CC[C@]2(C)C(OS(=O)(=O)c3ccc(F)cc3)CCC12. The number of aryl methyl sites for hydroxylation is 1. The highest BCUT2D eigenvalue weighted by molar-refractivity contribution is 7.86. The third kappa shape index (κ3) is 5.19. The van der Waals surface area contributed by atoms with Gasteiger partial charge in [0.15, 0.2) is 11.5 Å². The Bertz CT molecular complexity index is 1580. The maximum atomic E-state index is 13.4. The van der Waals surface area contributed by atoms with Gasteiger partial charge >= 0.3 is 0 Å². The lowest BCUT2D eigenvalue weighted by molar-refractivity contribution is -0.00807. The van der Waals surface area contributed by atoms with Gasteiger partial charge in [0, 0.05) is 0 Å². The van der Waals surface area contributed by atoms with Crippen LogP contribution in [0.25, 0.3) is 0 Å². The van der Waals surface area contributed by atoms with Crippen molar-refractivity contribution < 1.29 is 34.5 Å². The Hall–Kier alpha value is -2.82. The lowest BCUT2D eigenvalue weighted by atomic mass is 9.55. The molecule has 0 N–H and O–H groups in total. The van der Waals surface area contributed by atoms with Gasteiger partial charge in [-0.25, -0.2) is 13.0 Å². The fourth-order valence-electron chi connectivity index (χ4n) is 7.40. The molecule has 0 bridgehead atoms. The number of benzene rings is 3. The first-order chi connectivity index (χ1) is 19.6. The average molecular weight is 603 g/mol. The van der Waals surface area contributed by atoms with Crippen LogP contribution < -0.4 is 8.92 Å². The highest BCUT2D eigenvalue weighted by atomic mass is 32.2. The molecular formula is C31H32F2O6S2. The molecule has 3 aliphatic rings. The minimum Gasteiger partial charge on any atom is -0.493 e. The molecule has 0 amide bonds. The van der Waals surface area contributed by atoms with Crippen molar-refractivity contribution in [1.82, 2.24) is 0 Å². The molecule has 0 spiro atoms. The van der Waals surface area contributed by atoms with Crippen molar-refractivity contribution in [1.29, 1.82) is 0 Å². The lowest BCUT2D eigenvalue weighted by Crippen LogP contribution is -2.45. The topological polar surface area (TPSA) is 78.9 Å². The van der Waals surface area contributed by atoms with Gasteiger partial charge in [-0.15, -0.1) is 0 Å². The summed E-state index contributed by atoms with van der Waals surface area (Å²) in [7, 11) is -2.46. The molecule has 6 nitrogen and oxygen atoms in total. The molecule has 3 aromatic carbocycles. The average Bonchev–Trinajstić information content (AvgIpc) is 3.28. The van der Waals surface area contributed by atoms with E-state index in [-0.39, 0.29) is 16.2 Å². The minimum atomic E-state index is -4.01. The Morgan fingerprint density at radius 2 is 1.59 bits per heavy atom. The van der Waals surface area contributed by atoms with Gasteiger partial charge in [-0.3, -0.25) is 4.18 Å². The number of halogens is 2. The molecule has 2 fully saturated rings. The maximum absolute atomic E-state index is 13.4. The summed E-state index contributed by atoms with van der Waals surface area (Å²) in [6.07, 6.45) is 4.56. The van der Waals surface area contributed by atoms with Crippen molar-refractivity contribution in [2.24, 2.45) is 17.3 Å². The first kappa shape index (κ1) is 28.3. The van der Waals surface area contributed by atoms with Crippen LogP contribution in [-0.2, 0) is 31.8 Å². The molecule has 3 aromatic rings. The molecule has 10 heteroatoms. The molecule has 5 unspecified atom stereocenters. The van der Waals surface area contributed by atoms with Crippen LogP contribution in [0.3, 0.4) is 0 Å². The van der Waals surface area contributed by atoms with Gasteiger partial charge in [-0.05, 0) is 133 Å². The number of fused-ring (bicyclic) bond motifs is 5. The molecule has 0 aromatic heterocycles. The maximum Gasteiger partial charge on any atom is 0.297 e. The van der Waals surface area contributed by atoms with E-state index in [1.165, 1.54) is 42.0 Å². The molecule has 2 saturated carbocycles. The zero-order valence-electron chi connectivity index (χ0n) is 22.8. The molecule has 6 atom stereocenters. The van der Waals surface area contributed by atoms with Gasteiger partial charge < -0.3 is 8.92 Å². The van der Waals surface area contributed by atoms with E-state index in [9.17, 15) is 21.4 Å². The Morgan fingerprint density at radius 3 is 2.27 bits per heavy atom. The monoisotopic (exact) mass is 602 g/mol. The first-order valence-corrected chi connectivity index (χ1v) is 16.3. The summed E-state index contributed by atoms with van der Waals surface area (Å²) in [5, 5.41) is 0. The van der Waals surface area contributed by atoms with E-state index in [1.807, 2.05) is 12.1 Å². The van der Waals surface area contributed by atoms with E-state index in [4.69, 9.17) is 13.1 Å². The normalized spacial score (nSPS) is 27.8. The number of hydrogen-bond donors (Lipinski definition) is 0. The molecule has 0 heterocycles. The van der Waals surface area contributed by atoms with Crippen LogP contribution in [0.15, 0.2) is 70.5 Å². The smallest absolute Gasteiger partial charge is 0.297 e. The number of methoxy groups -OCH3 is 1. The van der Waals surface area contributed by atoms with E-state index in [0.29, 0.717) is 34.7 Å². The Labute approximate surface area is 241 Å². The highest BCUT2D eigenvalue weighted by Crippen LogP contribution is 2.62. The largest absolute Gasteiger partial charge is 0.493 e. The van der Waals surface area contributed by atoms with Gasteiger partial charge in [-0.2, -0.15) is 8.42 Å². The van der Waals surface area contributed by atoms with Crippen molar-refractivity contribution in [3.8, 4) is 11.5 Å². The second kappa shape index (κ2) is 10.8.